The fraction of sp³-hybridized carbons (Fsp3) is 0.435. The van der Waals surface area contributed by atoms with Crippen molar-refractivity contribution in [3.8, 4) is 5.69 Å². The minimum absolute atomic E-state index is 0.0938. The van der Waals surface area contributed by atoms with Crippen molar-refractivity contribution in [2.75, 3.05) is 25.4 Å². The summed E-state index contributed by atoms with van der Waals surface area (Å²) in [6, 6.07) is 7.65. The lowest BCUT2D eigenvalue weighted by atomic mass is 10.2. The Kier molecular flexibility index (Phi) is 5.92. The van der Waals surface area contributed by atoms with E-state index in [0.717, 1.165) is 30.6 Å². The van der Waals surface area contributed by atoms with Gasteiger partial charge in [0.05, 0.1) is 17.9 Å². The van der Waals surface area contributed by atoms with E-state index in [4.69, 9.17) is 4.98 Å². The number of likely N-dealkylation sites (tertiary alicyclic amines) is 1. The highest BCUT2D eigenvalue weighted by atomic mass is 32.2. The number of benzene rings is 1. The molecular formula is C23H26N6O3S. The molecule has 0 bridgehead atoms. The van der Waals surface area contributed by atoms with Crippen molar-refractivity contribution in [3.63, 3.8) is 0 Å². The molecule has 5 rings (SSSR count). The Morgan fingerprint density at radius 1 is 1.30 bits per heavy atom. The number of nitrogens with zero attached hydrogens (tertiary/aromatic N) is 5. The number of aryl methyl sites for hydroxylation is 1. The van der Waals surface area contributed by atoms with Crippen LogP contribution in [0, 0.1) is 6.92 Å². The van der Waals surface area contributed by atoms with Crippen LogP contribution in [0.25, 0.3) is 16.7 Å². The molecule has 2 aliphatic heterocycles. The maximum absolute atomic E-state index is 13.2. The standard InChI is InChI=1S/C23H26N6O3S/c1-15-5-2-6-16(11-15)29-21-18(13-25-29)22(32)28-17(14-33-23(28)26-21)12-19(30)24-8-4-10-27-9-3-7-20(27)31/h2,5-6,11,13,17H,3-4,7-10,12,14H2,1H3,(H,24,30). The number of amides is 2. The van der Waals surface area contributed by atoms with Crippen LogP contribution in [0.1, 0.15) is 37.3 Å². The Balaban J connectivity index is 1.27. The van der Waals surface area contributed by atoms with Gasteiger partial charge in [0.1, 0.15) is 5.39 Å². The van der Waals surface area contributed by atoms with Crippen LogP contribution >= 0.6 is 11.8 Å². The second-order valence-corrected chi connectivity index (χ2v) is 9.55. The van der Waals surface area contributed by atoms with Crippen LogP contribution < -0.4 is 10.9 Å². The fourth-order valence-electron chi connectivity index (χ4n) is 4.45. The number of aromatic nitrogens is 4. The molecule has 0 aliphatic carbocycles. The zero-order chi connectivity index (χ0) is 22.9. The van der Waals surface area contributed by atoms with Gasteiger partial charge in [-0.1, -0.05) is 23.9 Å². The summed E-state index contributed by atoms with van der Waals surface area (Å²) >= 11 is 1.49. The lowest BCUT2D eigenvalue weighted by Gasteiger charge is -2.16. The first-order chi connectivity index (χ1) is 16.0. The summed E-state index contributed by atoms with van der Waals surface area (Å²) in [6.45, 7) is 4.01. The van der Waals surface area contributed by atoms with Crippen LogP contribution in [0.5, 0.6) is 0 Å². The van der Waals surface area contributed by atoms with Crippen molar-refractivity contribution in [3.05, 3.63) is 46.4 Å². The van der Waals surface area contributed by atoms with Crippen molar-refractivity contribution in [2.24, 2.45) is 0 Å². The number of rotatable bonds is 7. The van der Waals surface area contributed by atoms with Crippen LogP contribution in [0.2, 0.25) is 0 Å². The van der Waals surface area contributed by atoms with Gasteiger partial charge in [-0.05, 0) is 37.5 Å². The largest absolute Gasteiger partial charge is 0.356 e. The number of carbonyl (C=O) groups excluding carboxylic acids is 2. The van der Waals surface area contributed by atoms with Gasteiger partial charge in [0.15, 0.2) is 10.8 Å². The molecule has 4 heterocycles. The maximum atomic E-state index is 13.2. The number of fused-ring (bicyclic) bond motifs is 2. The molecule has 2 aliphatic rings. The van der Waals surface area contributed by atoms with E-state index in [1.165, 1.54) is 11.8 Å². The number of thioether (sulfide) groups is 1. The normalized spacial score (nSPS) is 17.7. The molecular weight excluding hydrogens is 440 g/mol. The SMILES string of the molecule is Cc1cccc(-n2ncc3c(=O)n4c(nc32)SCC4CC(=O)NCCCN2CCCC2=O)c1. The number of hydrogen-bond acceptors (Lipinski definition) is 6. The minimum atomic E-state index is -0.239. The highest BCUT2D eigenvalue weighted by Gasteiger charge is 2.29. The average Bonchev–Trinajstić information content (AvgIpc) is 3.51. The molecule has 1 fully saturated rings. The molecule has 33 heavy (non-hydrogen) atoms. The van der Waals surface area contributed by atoms with E-state index in [-0.39, 0.29) is 29.8 Å². The third kappa shape index (κ3) is 4.27. The third-order valence-corrected chi connectivity index (χ3v) is 7.23. The van der Waals surface area contributed by atoms with Gasteiger partial charge in [0, 0.05) is 38.2 Å². The van der Waals surface area contributed by atoms with Crippen LogP contribution in [0.4, 0.5) is 0 Å². The Morgan fingerprint density at radius 3 is 2.97 bits per heavy atom. The van der Waals surface area contributed by atoms with Crippen molar-refractivity contribution < 1.29 is 9.59 Å². The molecule has 1 aromatic carbocycles. The number of nitrogens with one attached hydrogen (secondary N) is 1. The summed E-state index contributed by atoms with van der Waals surface area (Å²) in [4.78, 5) is 44.0. The summed E-state index contributed by atoms with van der Waals surface area (Å²) in [5.74, 6) is 0.732. The van der Waals surface area contributed by atoms with E-state index in [1.54, 1.807) is 15.4 Å². The second-order valence-electron chi connectivity index (χ2n) is 8.56. The van der Waals surface area contributed by atoms with Crippen molar-refractivity contribution in [1.82, 2.24) is 29.5 Å². The molecule has 3 aromatic rings. The molecule has 2 amide bonds. The van der Waals surface area contributed by atoms with E-state index in [1.807, 2.05) is 36.1 Å². The summed E-state index contributed by atoms with van der Waals surface area (Å²) < 4.78 is 3.33. The zero-order valence-electron chi connectivity index (χ0n) is 18.5. The summed E-state index contributed by atoms with van der Waals surface area (Å²) in [6.07, 6.45) is 4.06. The van der Waals surface area contributed by atoms with Crippen molar-refractivity contribution >= 4 is 34.6 Å². The molecule has 1 atom stereocenters. The Morgan fingerprint density at radius 2 is 2.18 bits per heavy atom. The predicted octanol–water partition coefficient (Wildman–Crippen LogP) is 2.06. The van der Waals surface area contributed by atoms with Crippen LogP contribution in [0.3, 0.4) is 0 Å². The molecule has 9 nitrogen and oxygen atoms in total. The Labute approximate surface area is 195 Å². The molecule has 2 aromatic heterocycles. The van der Waals surface area contributed by atoms with Gasteiger partial charge in [-0.3, -0.25) is 19.0 Å². The topological polar surface area (TPSA) is 102 Å². The highest BCUT2D eigenvalue weighted by molar-refractivity contribution is 7.99. The monoisotopic (exact) mass is 466 g/mol. The molecule has 1 unspecified atom stereocenters. The van der Waals surface area contributed by atoms with E-state index < -0.39 is 0 Å². The molecule has 0 saturated carbocycles. The summed E-state index contributed by atoms with van der Waals surface area (Å²) in [5, 5.41) is 8.40. The predicted molar refractivity (Wildman–Crippen MR) is 126 cm³/mol. The Hall–Kier alpha value is -3.14. The number of hydrogen-bond donors (Lipinski definition) is 1. The number of carbonyl (C=O) groups is 2. The molecule has 172 valence electrons. The zero-order valence-corrected chi connectivity index (χ0v) is 19.3. The quantitative estimate of drug-likeness (QED) is 0.422. The lowest BCUT2D eigenvalue weighted by Crippen LogP contribution is -2.33. The van der Waals surface area contributed by atoms with E-state index in [0.29, 0.717) is 41.5 Å². The van der Waals surface area contributed by atoms with Crippen LogP contribution in [0.15, 0.2) is 40.4 Å². The van der Waals surface area contributed by atoms with Gasteiger partial charge in [0.2, 0.25) is 11.8 Å². The van der Waals surface area contributed by atoms with Crippen LogP contribution in [-0.4, -0.2) is 61.4 Å². The lowest BCUT2D eigenvalue weighted by molar-refractivity contribution is -0.127. The van der Waals surface area contributed by atoms with Gasteiger partial charge >= 0.3 is 0 Å². The van der Waals surface area contributed by atoms with E-state index >= 15 is 0 Å². The maximum Gasteiger partial charge on any atom is 0.265 e. The first-order valence-electron chi connectivity index (χ1n) is 11.3. The van der Waals surface area contributed by atoms with Gasteiger partial charge in [-0.15, -0.1) is 0 Å². The van der Waals surface area contributed by atoms with Crippen molar-refractivity contribution in [1.29, 1.82) is 0 Å². The fourth-order valence-corrected chi connectivity index (χ4v) is 5.58. The van der Waals surface area contributed by atoms with Gasteiger partial charge in [0.25, 0.3) is 5.56 Å². The van der Waals surface area contributed by atoms with E-state index in [9.17, 15) is 14.4 Å². The van der Waals surface area contributed by atoms with Crippen molar-refractivity contribution in [2.45, 2.75) is 43.8 Å². The summed E-state index contributed by atoms with van der Waals surface area (Å²) in [5.41, 5.74) is 2.33. The van der Waals surface area contributed by atoms with Gasteiger partial charge in [-0.25, -0.2) is 9.67 Å². The molecule has 0 radical (unpaired) electrons. The summed E-state index contributed by atoms with van der Waals surface area (Å²) in [7, 11) is 0. The first kappa shape index (κ1) is 21.7. The Bertz CT molecular complexity index is 1280. The minimum Gasteiger partial charge on any atom is -0.356 e. The van der Waals surface area contributed by atoms with Crippen LogP contribution in [-0.2, 0) is 9.59 Å². The average molecular weight is 467 g/mol. The van der Waals surface area contributed by atoms with E-state index in [2.05, 4.69) is 10.4 Å². The molecule has 10 heteroatoms. The second kappa shape index (κ2) is 9.01. The highest BCUT2D eigenvalue weighted by Crippen LogP contribution is 2.33. The smallest absolute Gasteiger partial charge is 0.265 e. The molecule has 0 spiro atoms. The third-order valence-electron chi connectivity index (χ3n) is 6.14. The van der Waals surface area contributed by atoms with Gasteiger partial charge in [-0.2, -0.15) is 5.10 Å². The van der Waals surface area contributed by atoms with Gasteiger partial charge < -0.3 is 10.2 Å². The first-order valence-corrected chi connectivity index (χ1v) is 12.2. The molecule has 1 N–H and O–H groups in total. The molecule has 1 saturated heterocycles.